The zero-order chi connectivity index (χ0) is 70.6. The third kappa shape index (κ3) is 10.4. The minimum Gasteiger partial charge on any atom is -0.456 e. The molecule has 498 valence electrons. The van der Waals surface area contributed by atoms with Crippen molar-refractivity contribution in [2.45, 2.75) is 26.2 Å². The van der Waals surface area contributed by atoms with E-state index >= 15 is 0 Å². The van der Waals surface area contributed by atoms with E-state index in [0.717, 1.165) is 140 Å². The first-order chi connectivity index (χ1) is 52.2. The van der Waals surface area contributed by atoms with E-state index in [4.69, 9.17) is 4.42 Å². The van der Waals surface area contributed by atoms with Crippen LogP contribution in [0.25, 0.3) is 144 Å². The van der Waals surface area contributed by atoms with Crippen LogP contribution in [-0.4, -0.2) is 6.71 Å². The van der Waals surface area contributed by atoms with Crippen molar-refractivity contribution in [1.29, 1.82) is 0 Å². The maximum atomic E-state index is 6.55. The summed E-state index contributed by atoms with van der Waals surface area (Å²) >= 11 is 0. The van der Waals surface area contributed by atoms with Gasteiger partial charge < -0.3 is 14.2 Å². The number of fused-ring (bicyclic) bond motifs is 9. The first-order valence-corrected chi connectivity index (χ1v) is 36.9. The van der Waals surface area contributed by atoms with E-state index in [-0.39, 0.29) is 12.1 Å². The summed E-state index contributed by atoms with van der Waals surface area (Å²) in [6.07, 6.45) is 0. The van der Waals surface area contributed by atoms with Crippen LogP contribution < -0.4 is 26.2 Å². The van der Waals surface area contributed by atoms with Crippen LogP contribution in [0.3, 0.4) is 0 Å². The van der Waals surface area contributed by atoms with Crippen molar-refractivity contribution in [3.63, 3.8) is 0 Å². The van der Waals surface area contributed by atoms with Crippen molar-refractivity contribution >= 4 is 101 Å². The van der Waals surface area contributed by atoms with Gasteiger partial charge in [0.25, 0.3) is 6.71 Å². The Bertz CT molecular complexity index is 6290. The van der Waals surface area contributed by atoms with E-state index in [9.17, 15) is 0 Å². The lowest BCUT2D eigenvalue weighted by atomic mass is 9.33. The molecule has 0 fully saturated rings. The van der Waals surface area contributed by atoms with E-state index in [2.05, 4.69) is 407 Å². The smallest absolute Gasteiger partial charge is 0.252 e. The fourth-order valence-corrected chi connectivity index (χ4v) is 17.2. The monoisotopic (exact) mass is 1350 g/mol. The van der Waals surface area contributed by atoms with Crippen LogP contribution in [-0.2, 0) is 5.41 Å². The first-order valence-electron chi connectivity index (χ1n) is 36.9. The summed E-state index contributed by atoms with van der Waals surface area (Å²) in [5.41, 5.74) is 33.6. The van der Waals surface area contributed by atoms with Crippen LogP contribution in [0, 0.1) is 0 Å². The fraction of sp³-hybridized carbons (Fsp3) is 0.0392. The second-order valence-electron chi connectivity index (χ2n) is 29.4. The third-order valence-corrected chi connectivity index (χ3v) is 22.1. The van der Waals surface area contributed by atoms with E-state index in [1.165, 1.54) is 60.2 Å². The van der Waals surface area contributed by atoms with Gasteiger partial charge in [0.05, 0.1) is 11.4 Å². The van der Waals surface area contributed by atoms with Crippen molar-refractivity contribution in [2.24, 2.45) is 0 Å². The van der Waals surface area contributed by atoms with Gasteiger partial charge in [0, 0.05) is 55.8 Å². The Morgan fingerprint density at radius 1 is 0.236 bits per heavy atom. The van der Waals surface area contributed by atoms with E-state index in [1.54, 1.807) is 0 Å². The van der Waals surface area contributed by atoms with Crippen molar-refractivity contribution in [2.75, 3.05) is 9.80 Å². The maximum Gasteiger partial charge on any atom is 0.252 e. The summed E-state index contributed by atoms with van der Waals surface area (Å²) in [6, 6.07) is 141. The number of hydrogen-bond donors (Lipinski definition) is 0. The van der Waals surface area contributed by atoms with Gasteiger partial charge in [-0.05, 0) is 194 Å². The predicted octanol–water partition coefficient (Wildman–Crippen LogP) is 26.3. The number of rotatable bonds is 11. The van der Waals surface area contributed by atoms with Crippen LogP contribution in [0.15, 0.2) is 381 Å². The quantitative estimate of drug-likeness (QED) is 0.0950. The minimum absolute atomic E-state index is 0.286. The van der Waals surface area contributed by atoms with Crippen LogP contribution in [0.4, 0.5) is 34.1 Å². The normalized spacial score (nSPS) is 12.4. The summed E-state index contributed by atoms with van der Waals surface area (Å²) in [7, 11) is 0. The van der Waals surface area contributed by atoms with Crippen molar-refractivity contribution in [1.82, 2.24) is 0 Å². The molecule has 0 N–H and O–H groups in total. The molecule has 0 amide bonds. The lowest BCUT2D eigenvalue weighted by Gasteiger charge is -2.46. The summed E-state index contributed by atoms with van der Waals surface area (Å²) in [5.74, 6) is 0. The number of nitrogens with zero attached hydrogens (tertiary/aromatic N) is 2. The highest BCUT2D eigenvalue weighted by atomic mass is 16.3. The largest absolute Gasteiger partial charge is 0.456 e. The Balaban J connectivity index is 0.962. The van der Waals surface area contributed by atoms with Crippen LogP contribution in [0.5, 0.6) is 0 Å². The summed E-state index contributed by atoms with van der Waals surface area (Å²) in [4.78, 5) is 5.42. The Morgan fingerprint density at radius 2 is 0.594 bits per heavy atom. The third-order valence-electron chi connectivity index (χ3n) is 22.1. The van der Waals surface area contributed by atoms with Gasteiger partial charge in [0.2, 0.25) is 0 Å². The van der Waals surface area contributed by atoms with Crippen molar-refractivity contribution < 1.29 is 4.42 Å². The highest BCUT2D eigenvalue weighted by Gasteiger charge is 2.46. The van der Waals surface area contributed by atoms with Crippen molar-refractivity contribution in [3.05, 3.63) is 382 Å². The molecule has 0 aliphatic carbocycles. The molecule has 18 aromatic rings. The second-order valence-corrected chi connectivity index (χ2v) is 29.4. The zero-order valence-electron chi connectivity index (χ0n) is 59.2. The standard InChI is InChI=1S/C102H71BN2O/c1-102(2,3)78-64-93-99-94(65-78)105(101-86(70-39-19-8-20-40-70)60-77(67-33-13-5-14-34-67)61-87(101)71-41-21-9-22-42-71)92-63-75(98-82-48-27-25-46-80(82)97(72-43-23-10-24-44-72)81-47-26-28-49-83(81)98)51-54-89(92)103(99)90-62-74(73-53-56-96-88(57-73)79-45-29-30-50-95(79)106-96)52-55-91(90)104(93)100-84(68-35-15-6-16-36-68)58-76(66-31-11-4-12-32-66)59-85(100)69-37-17-7-18-38-69/h4-65H,1-3H3. The summed E-state index contributed by atoms with van der Waals surface area (Å²) in [5, 5.41) is 7.04. The Morgan fingerprint density at radius 3 is 1.05 bits per heavy atom. The second kappa shape index (κ2) is 25.3. The molecular weight excluding hydrogens is 1280 g/mol. The molecule has 0 spiro atoms. The molecular formula is C102H71BN2O. The first kappa shape index (κ1) is 62.5. The number of para-hydroxylation sites is 1. The topological polar surface area (TPSA) is 19.6 Å². The molecule has 0 bridgehead atoms. The Labute approximate surface area is 618 Å². The molecule has 3 heterocycles. The highest BCUT2D eigenvalue weighted by molar-refractivity contribution is 7.00. The number of furan rings is 1. The number of hydrogen-bond acceptors (Lipinski definition) is 3. The van der Waals surface area contributed by atoms with Crippen LogP contribution >= 0.6 is 0 Å². The molecule has 106 heavy (non-hydrogen) atoms. The van der Waals surface area contributed by atoms with Crippen LogP contribution in [0.2, 0.25) is 0 Å². The van der Waals surface area contributed by atoms with Gasteiger partial charge in [0.15, 0.2) is 0 Å². The van der Waals surface area contributed by atoms with Gasteiger partial charge in [-0.2, -0.15) is 0 Å². The van der Waals surface area contributed by atoms with Gasteiger partial charge in [-0.25, -0.2) is 0 Å². The molecule has 4 heteroatoms. The minimum atomic E-state index is -0.345. The van der Waals surface area contributed by atoms with E-state index < -0.39 is 0 Å². The highest BCUT2D eigenvalue weighted by Crippen LogP contribution is 2.56. The van der Waals surface area contributed by atoms with Crippen LogP contribution in [0.1, 0.15) is 26.3 Å². The Kier molecular flexibility index (Phi) is 14.9. The predicted molar refractivity (Wildman–Crippen MR) is 450 cm³/mol. The molecule has 1 aromatic heterocycles. The molecule has 0 radical (unpaired) electrons. The molecule has 20 rings (SSSR count). The lowest BCUT2D eigenvalue weighted by molar-refractivity contribution is 0.590. The maximum absolute atomic E-state index is 6.55. The van der Waals surface area contributed by atoms with Gasteiger partial charge in [-0.3, -0.25) is 0 Å². The molecule has 0 atom stereocenters. The van der Waals surface area contributed by atoms with Crippen molar-refractivity contribution in [3.8, 4) is 100 Å². The number of benzene rings is 17. The molecule has 0 saturated heterocycles. The number of anilines is 6. The molecule has 3 nitrogen and oxygen atoms in total. The van der Waals surface area contributed by atoms with E-state index in [1.807, 2.05) is 0 Å². The van der Waals surface area contributed by atoms with Gasteiger partial charge in [0.1, 0.15) is 11.2 Å². The van der Waals surface area contributed by atoms with E-state index in [0.29, 0.717) is 0 Å². The summed E-state index contributed by atoms with van der Waals surface area (Å²) in [6.45, 7) is 6.88. The molecule has 2 aliphatic heterocycles. The lowest BCUT2D eigenvalue weighted by Crippen LogP contribution is -2.61. The van der Waals surface area contributed by atoms with Gasteiger partial charge in [-0.1, -0.05) is 330 Å². The molecule has 0 unspecified atom stereocenters. The fourth-order valence-electron chi connectivity index (χ4n) is 17.2. The molecule has 17 aromatic carbocycles. The average Bonchev–Trinajstić information content (AvgIpc) is 0.818. The zero-order valence-corrected chi connectivity index (χ0v) is 59.2. The Hall–Kier alpha value is -13.3. The molecule has 2 aliphatic rings. The SMILES string of the molecule is CC(C)(C)c1cc2c3c(c1)N(c1c(-c4ccccc4)cc(-c4ccccc4)cc1-c1ccccc1)c1cc(-c4c5ccccc5c(-c5ccccc5)c5ccccc45)ccc1B3c1cc(-c3ccc4oc5ccccc5c4c3)ccc1N2c1c(-c2ccccc2)cc(-c2ccccc2)cc1-c1ccccc1. The van der Waals surface area contributed by atoms with Gasteiger partial charge >= 0.3 is 0 Å². The average molecular weight is 1350 g/mol. The summed E-state index contributed by atoms with van der Waals surface area (Å²) < 4.78 is 6.55. The molecule has 0 saturated carbocycles. The van der Waals surface area contributed by atoms with Gasteiger partial charge in [-0.15, -0.1) is 0 Å².